The van der Waals surface area contributed by atoms with Crippen LogP contribution in [-0.2, 0) is 4.79 Å². The second-order valence-corrected chi connectivity index (χ2v) is 4.01. The molecule has 0 aromatic rings. The molecule has 0 aromatic heterocycles. The van der Waals surface area contributed by atoms with Gasteiger partial charge in [-0.1, -0.05) is 6.42 Å². The zero-order valence-electron chi connectivity index (χ0n) is 8.79. The summed E-state index contributed by atoms with van der Waals surface area (Å²) in [5.41, 5.74) is 4.19. The molecule has 0 aliphatic heterocycles. The van der Waals surface area contributed by atoms with Crippen molar-refractivity contribution in [2.75, 3.05) is 0 Å². The summed E-state index contributed by atoms with van der Waals surface area (Å²) in [6.45, 7) is 3.09. The van der Waals surface area contributed by atoms with Gasteiger partial charge in [-0.05, 0) is 33.1 Å². The van der Waals surface area contributed by atoms with Crippen molar-refractivity contribution in [1.82, 2.24) is 0 Å². The largest absolute Gasteiger partial charge is 0.388 e. The predicted octanol–water partition coefficient (Wildman–Crippen LogP) is 0.626. The van der Waals surface area contributed by atoms with Gasteiger partial charge in [-0.3, -0.25) is 9.79 Å². The van der Waals surface area contributed by atoms with Crippen molar-refractivity contribution in [3.63, 3.8) is 0 Å². The third-order valence-electron chi connectivity index (χ3n) is 2.81. The number of Topliss-reactive ketones (excluding diaryl/α,β-unsaturated/α-hetero) is 1. The molecular formula is C10H18N2O2. The van der Waals surface area contributed by atoms with Gasteiger partial charge in [-0.2, -0.15) is 0 Å². The van der Waals surface area contributed by atoms with Crippen molar-refractivity contribution in [2.24, 2.45) is 10.7 Å². The number of nitrogens with zero attached hydrogens (tertiary/aromatic N) is 1. The molecule has 0 saturated heterocycles. The first-order chi connectivity index (χ1) is 6.47. The summed E-state index contributed by atoms with van der Waals surface area (Å²) < 4.78 is 0. The maximum Gasteiger partial charge on any atom is 0.163 e. The first-order valence-corrected chi connectivity index (χ1v) is 5.00. The lowest BCUT2D eigenvalue weighted by Gasteiger charge is -2.35. The Bertz CT molecular complexity index is 259. The Balaban J connectivity index is 2.89. The molecule has 2 atom stereocenters. The molecule has 0 spiro atoms. The number of aliphatic hydroxyl groups is 1. The van der Waals surface area contributed by atoms with Crippen LogP contribution in [0.4, 0.5) is 0 Å². The minimum atomic E-state index is -1.28. The Morgan fingerprint density at radius 3 is 2.64 bits per heavy atom. The van der Waals surface area contributed by atoms with Gasteiger partial charge in [0.25, 0.3) is 0 Å². The molecule has 0 amide bonds. The lowest BCUT2D eigenvalue weighted by molar-refractivity contribution is -0.139. The fourth-order valence-electron chi connectivity index (χ4n) is 1.97. The number of hydrogen-bond donors (Lipinski definition) is 2. The average Bonchev–Trinajstić information content (AvgIpc) is 2.08. The van der Waals surface area contributed by atoms with Crippen LogP contribution in [0.15, 0.2) is 4.99 Å². The van der Waals surface area contributed by atoms with E-state index in [1.165, 1.54) is 6.92 Å². The van der Waals surface area contributed by atoms with Gasteiger partial charge in [0.1, 0.15) is 5.60 Å². The van der Waals surface area contributed by atoms with Crippen LogP contribution < -0.4 is 5.73 Å². The Kier molecular flexibility index (Phi) is 3.26. The Morgan fingerprint density at radius 2 is 2.14 bits per heavy atom. The number of rotatable bonds is 2. The molecule has 14 heavy (non-hydrogen) atoms. The summed E-state index contributed by atoms with van der Waals surface area (Å²) >= 11 is 0. The summed E-state index contributed by atoms with van der Waals surface area (Å²) in [6.07, 6.45) is 3.12. The van der Waals surface area contributed by atoms with E-state index in [0.717, 1.165) is 19.3 Å². The SMILES string of the molecule is CC(=O)C1(O)CCCCC1N=C(C)N. The third kappa shape index (κ3) is 2.12. The third-order valence-corrected chi connectivity index (χ3v) is 2.81. The summed E-state index contributed by atoms with van der Waals surface area (Å²) in [5, 5.41) is 10.1. The van der Waals surface area contributed by atoms with Gasteiger partial charge in [-0.15, -0.1) is 0 Å². The number of hydrogen-bond acceptors (Lipinski definition) is 3. The van der Waals surface area contributed by atoms with Gasteiger partial charge in [-0.25, -0.2) is 0 Å². The fourth-order valence-corrected chi connectivity index (χ4v) is 1.97. The van der Waals surface area contributed by atoms with Crippen LogP contribution in [0.25, 0.3) is 0 Å². The summed E-state index contributed by atoms with van der Waals surface area (Å²) in [5.74, 6) is 0.226. The first-order valence-electron chi connectivity index (χ1n) is 5.00. The molecular weight excluding hydrogens is 180 g/mol. The van der Waals surface area contributed by atoms with E-state index in [9.17, 15) is 9.90 Å². The topological polar surface area (TPSA) is 75.7 Å². The lowest BCUT2D eigenvalue weighted by atomic mass is 9.78. The summed E-state index contributed by atoms with van der Waals surface area (Å²) in [4.78, 5) is 15.5. The molecule has 4 heteroatoms. The summed E-state index contributed by atoms with van der Waals surface area (Å²) in [7, 11) is 0. The molecule has 1 aliphatic carbocycles. The van der Waals surface area contributed by atoms with Gasteiger partial charge in [0.05, 0.1) is 11.9 Å². The van der Waals surface area contributed by atoms with E-state index in [2.05, 4.69) is 4.99 Å². The minimum Gasteiger partial charge on any atom is -0.388 e. The van der Waals surface area contributed by atoms with Crippen LogP contribution in [0.1, 0.15) is 39.5 Å². The number of ketones is 1. The van der Waals surface area contributed by atoms with Gasteiger partial charge in [0.2, 0.25) is 0 Å². The quantitative estimate of drug-likeness (QED) is 0.504. The van der Waals surface area contributed by atoms with Gasteiger partial charge in [0, 0.05) is 0 Å². The molecule has 0 bridgehead atoms. The molecule has 0 radical (unpaired) electrons. The number of aliphatic imine (C=N–C) groups is 1. The van der Waals surface area contributed by atoms with E-state index in [1.54, 1.807) is 6.92 Å². The molecule has 1 fully saturated rings. The standard InChI is InChI=1S/C10H18N2O2/c1-7(13)10(14)6-4-3-5-9(10)12-8(2)11/h9,14H,3-6H2,1-2H3,(H2,11,12). The lowest BCUT2D eigenvalue weighted by Crippen LogP contribution is -2.50. The highest BCUT2D eigenvalue weighted by Gasteiger charge is 2.42. The monoisotopic (exact) mass is 198 g/mol. The molecule has 4 nitrogen and oxygen atoms in total. The number of amidine groups is 1. The van der Waals surface area contributed by atoms with Crippen molar-refractivity contribution in [2.45, 2.75) is 51.2 Å². The van der Waals surface area contributed by atoms with Crippen molar-refractivity contribution >= 4 is 11.6 Å². The maximum atomic E-state index is 11.4. The van der Waals surface area contributed by atoms with E-state index >= 15 is 0 Å². The van der Waals surface area contributed by atoms with E-state index in [0.29, 0.717) is 12.3 Å². The van der Waals surface area contributed by atoms with Gasteiger partial charge >= 0.3 is 0 Å². The van der Waals surface area contributed by atoms with Gasteiger partial charge in [0.15, 0.2) is 5.78 Å². The zero-order valence-corrected chi connectivity index (χ0v) is 8.79. The predicted molar refractivity (Wildman–Crippen MR) is 55.2 cm³/mol. The van der Waals surface area contributed by atoms with E-state index in [-0.39, 0.29) is 11.8 Å². The molecule has 1 rings (SSSR count). The van der Waals surface area contributed by atoms with E-state index < -0.39 is 5.60 Å². The maximum absolute atomic E-state index is 11.4. The average molecular weight is 198 g/mol. The Hall–Kier alpha value is -0.900. The molecule has 1 saturated carbocycles. The van der Waals surface area contributed by atoms with Crippen LogP contribution in [0.2, 0.25) is 0 Å². The van der Waals surface area contributed by atoms with Gasteiger partial charge < -0.3 is 10.8 Å². The normalized spacial score (nSPS) is 34.2. The highest BCUT2D eigenvalue weighted by Crippen LogP contribution is 2.31. The molecule has 80 valence electrons. The van der Waals surface area contributed by atoms with Crippen LogP contribution >= 0.6 is 0 Å². The smallest absolute Gasteiger partial charge is 0.163 e. The van der Waals surface area contributed by atoms with Crippen molar-refractivity contribution in [1.29, 1.82) is 0 Å². The second kappa shape index (κ2) is 4.09. The van der Waals surface area contributed by atoms with Crippen molar-refractivity contribution < 1.29 is 9.90 Å². The fraction of sp³-hybridized carbons (Fsp3) is 0.800. The van der Waals surface area contributed by atoms with Crippen LogP contribution in [0.5, 0.6) is 0 Å². The van der Waals surface area contributed by atoms with Crippen LogP contribution in [0, 0.1) is 0 Å². The van der Waals surface area contributed by atoms with Crippen molar-refractivity contribution in [3.05, 3.63) is 0 Å². The molecule has 2 unspecified atom stereocenters. The van der Waals surface area contributed by atoms with E-state index in [1.807, 2.05) is 0 Å². The highest BCUT2D eigenvalue weighted by molar-refractivity contribution is 5.86. The number of carbonyl (C=O) groups is 1. The molecule has 1 aliphatic rings. The Morgan fingerprint density at radius 1 is 1.50 bits per heavy atom. The first kappa shape index (κ1) is 11.2. The number of nitrogens with two attached hydrogens (primary N) is 1. The highest BCUT2D eigenvalue weighted by atomic mass is 16.3. The second-order valence-electron chi connectivity index (χ2n) is 4.01. The van der Waals surface area contributed by atoms with Crippen molar-refractivity contribution in [3.8, 4) is 0 Å². The Labute approximate surface area is 84.2 Å². The van der Waals surface area contributed by atoms with Crippen LogP contribution in [-0.4, -0.2) is 28.4 Å². The zero-order chi connectivity index (χ0) is 10.8. The molecule has 3 N–H and O–H groups in total. The van der Waals surface area contributed by atoms with Crippen LogP contribution in [0.3, 0.4) is 0 Å². The summed E-state index contributed by atoms with van der Waals surface area (Å²) in [6, 6.07) is -0.348. The molecule has 0 aromatic carbocycles. The van der Waals surface area contributed by atoms with E-state index in [4.69, 9.17) is 5.73 Å². The minimum absolute atomic E-state index is 0.202. The number of carbonyl (C=O) groups excluding carboxylic acids is 1. The molecule has 0 heterocycles.